The maximum Gasteiger partial charge on any atom is 0.318 e. The van der Waals surface area contributed by atoms with Gasteiger partial charge in [-0.05, 0) is 18.9 Å². The summed E-state index contributed by atoms with van der Waals surface area (Å²) in [6.45, 7) is 1.40. The summed E-state index contributed by atoms with van der Waals surface area (Å²) in [5.74, 6) is -0.859. The van der Waals surface area contributed by atoms with Gasteiger partial charge < -0.3 is 5.11 Å². The Balaban J connectivity index is 2.56. The number of carbonyl (C=O) groups is 1. The number of hydrogen-bond donors (Lipinski definition) is 1. The van der Waals surface area contributed by atoms with Crippen molar-refractivity contribution >= 4 is 22.5 Å². The highest BCUT2D eigenvalue weighted by molar-refractivity contribution is 7.86. The smallest absolute Gasteiger partial charge is 0.318 e. The van der Waals surface area contributed by atoms with Gasteiger partial charge in [0, 0.05) is 28.7 Å². The first kappa shape index (κ1) is 14.3. The Morgan fingerprint density at radius 2 is 2.00 bits per heavy atom. The lowest BCUT2D eigenvalue weighted by Crippen LogP contribution is -2.24. The van der Waals surface area contributed by atoms with E-state index in [4.69, 9.17) is 5.11 Å². The van der Waals surface area contributed by atoms with Gasteiger partial charge in [0.05, 0.1) is 4.92 Å². The van der Waals surface area contributed by atoms with Gasteiger partial charge in [0.25, 0.3) is 5.69 Å². The molecule has 0 spiro atoms. The molecule has 0 bridgehead atoms. The normalized spacial score (nSPS) is 13.8. The SMILES string of the molecule is CC(C(=O)O)S(=O)CCc1ccc([N+](=O)[O-])cc1. The van der Waals surface area contributed by atoms with Gasteiger partial charge in [-0.15, -0.1) is 0 Å². The van der Waals surface area contributed by atoms with Crippen molar-refractivity contribution in [3.05, 3.63) is 39.9 Å². The summed E-state index contributed by atoms with van der Waals surface area (Å²) >= 11 is 0. The second-order valence-corrected chi connectivity index (χ2v) is 5.62. The van der Waals surface area contributed by atoms with Crippen LogP contribution in [0.4, 0.5) is 5.69 Å². The minimum absolute atomic E-state index is 0.00113. The lowest BCUT2D eigenvalue weighted by atomic mass is 10.1. The molecule has 0 aliphatic heterocycles. The molecule has 0 aliphatic rings. The van der Waals surface area contributed by atoms with Crippen LogP contribution in [0.2, 0.25) is 0 Å². The van der Waals surface area contributed by atoms with Crippen molar-refractivity contribution < 1.29 is 19.0 Å². The zero-order chi connectivity index (χ0) is 13.7. The standard InChI is InChI=1S/C11H13NO5S/c1-8(11(13)14)18(17)7-6-9-2-4-10(5-3-9)12(15)16/h2-5,8H,6-7H2,1H3,(H,13,14). The lowest BCUT2D eigenvalue weighted by molar-refractivity contribution is -0.384. The van der Waals surface area contributed by atoms with Gasteiger partial charge >= 0.3 is 5.97 Å². The maximum absolute atomic E-state index is 11.6. The first-order valence-corrected chi connectivity index (χ1v) is 6.63. The van der Waals surface area contributed by atoms with Crippen LogP contribution in [-0.4, -0.2) is 31.2 Å². The number of rotatable bonds is 6. The van der Waals surface area contributed by atoms with Crippen molar-refractivity contribution in [1.82, 2.24) is 0 Å². The van der Waals surface area contributed by atoms with Crippen LogP contribution in [0.1, 0.15) is 12.5 Å². The summed E-state index contributed by atoms with van der Waals surface area (Å²) in [5.41, 5.74) is 0.797. The molecule has 7 heteroatoms. The molecule has 0 saturated heterocycles. The van der Waals surface area contributed by atoms with Crippen LogP contribution in [0.15, 0.2) is 24.3 Å². The number of aryl methyl sites for hydroxylation is 1. The molecule has 0 saturated carbocycles. The molecule has 0 amide bonds. The fraction of sp³-hybridized carbons (Fsp3) is 0.364. The van der Waals surface area contributed by atoms with Gasteiger partial charge in [-0.25, -0.2) is 0 Å². The van der Waals surface area contributed by atoms with Crippen LogP contribution in [0, 0.1) is 10.1 Å². The van der Waals surface area contributed by atoms with Crippen molar-refractivity contribution in [2.75, 3.05) is 5.75 Å². The first-order chi connectivity index (χ1) is 8.41. The molecular formula is C11H13NO5S. The van der Waals surface area contributed by atoms with E-state index in [0.717, 1.165) is 5.56 Å². The van der Waals surface area contributed by atoms with Crippen LogP contribution in [-0.2, 0) is 22.0 Å². The maximum atomic E-state index is 11.6. The average Bonchev–Trinajstić information content (AvgIpc) is 2.35. The van der Waals surface area contributed by atoms with E-state index in [2.05, 4.69) is 0 Å². The molecule has 18 heavy (non-hydrogen) atoms. The quantitative estimate of drug-likeness (QED) is 0.622. The second kappa shape index (κ2) is 6.25. The van der Waals surface area contributed by atoms with Crippen molar-refractivity contribution in [3.8, 4) is 0 Å². The predicted molar refractivity (Wildman–Crippen MR) is 66.9 cm³/mol. The van der Waals surface area contributed by atoms with E-state index in [1.165, 1.54) is 19.1 Å². The third kappa shape index (κ3) is 3.92. The summed E-state index contributed by atoms with van der Waals surface area (Å²) < 4.78 is 11.6. The Kier molecular flexibility index (Phi) is 4.96. The molecule has 1 rings (SSSR count). The molecule has 1 aromatic rings. The van der Waals surface area contributed by atoms with E-state index in [0.29, 0.717) is 6.42 Å². The van der Waals surface area contributed by atoms with E-state index < -0.39 is 26.9 Å². The van der Waals surface area contributed by atoms with E-state index >= 15 is 0 Å². The van der Waals surface area contributed by atoms with Crippen LogP contribution >= 0.6 is 0 Å². The largest absolute Gasteiger partial charge is 0.480 e. The zero-order valence-corrected chi connectivity index (χ0v) is 10.6. The Morgan fingerprint density at radius 1 is 1.44 bits per heavy atom. The zero-order valence-electron chi connectivity index (χ0n) is 9.74. The molecule has 0 aliphatic carbocycles. The minimum Gasteiger partial charge on any atom is -0.480 e. The molecule has 6 nitrogen and oxygen atoms in total. The highest BCUT2D eigenvalue weighted by Crippen LogP contribution is 2.12. The number of aliphatic carboxylic acids is 1. The Hall–Kier alpha value is -1.76. The van der Waals surface area contributed by atoms with Crippen LogP contribution in [0.3, 0.4) is 0 Å². The van der Waals surface area contributed by atoms with Crippen LogP contribution in [0.5, 0.6) is 0 Å². The van der Waals surface area contributed by atoms with Crippen LogP contribution in [0.25, 0.3) is 0 Å². The van der Waals surface area contributed by atoms with Crippen molar-refractivity contribution in [3.63, 3.8) is 0 Å². The molecule has 1 aromatic carbocycles. The summed E-state index contributed by atoms with van der Waals surface area (Å²) in [6.07, 6.45) is 0.433. The fourth-order valence-electron chi connectivity index (χ4n) is 1.29. The van der Waals surface area contributed by atoms with Gasteiger partial charge in [0.1, 0.15) is 5.25 Å². The molecule has 98 valence electrons. The lowest BCUT2D eigenvalue weighted by Gasteiger charge is -2.06. The first-order valence-electron chi connectivity index (χ1n) is 5.25. The number of non-ortho nitro benzene ring substituents is 1. The molecule has 0 fully saturated rings. The number of nitro groups is 1. The average molecular weight is 271 g/mol. The molecule has 0 radical (unpaired) electrons. The number of hydrogen-bond acceptors (Lipinski definition) is 4. The van der Waals surface area contributed by atoms with Crippen LogP contribution < -0.4 is 0 Å². The summed E-state index contributed by atoms with van der Waals surface area (Å²) in [5, 5.41) is 18.2. The van der Waals surface area contributed by atoms with Crippen molar-refractivity contribution in [1.29, 1.82) is 0 Å². The number of nitrogens with zero attached hydrogens (tertiary/aromatic N) is 1. The number of carboxylic acids is 1. The Labute approximate surface area is 106 Å². The third-order valence-electron chi connectivity index (χ3n) is 2.48. The van der Waals surface area contributed by atoms with Crippen molar-refractivity contribution in [2.24, 2.45) is 0 Å². The number of carboxylic acid groups (broad SMARTS) is 1. The van der Waals surface area contributed by atoms with E-state index in [1.54, 1.807) is 12.1 Å². The third-order valence-corrected chi connectivity index (χ3v) is 4.08. The fourth-order valence-corrected chi connectivity index (χ4v) is 2.31. The van der Waals surface area contributed by atoms with E-state index in [1.807, 2.05) is 0 Å². The minimum atomic E-state index is -1.44. The highest BCUT2D eigenvalue weighted by atomic mass is 32.2. The number of benzene rings is 1. The van der Waals surface area contributed by atoms with Gasteiger partial charge in [0.15, 0.2) is 0 Å². The molecule has 0 aromatic heterocycles. The van der Waals surface area contributed by atoms with Gasteiger partial charge in [-0.1, -0.05) is 12.1 Å². The summed E-state index contributed by atoms with van der Waals surface area (Å²) in [6, 6.07) is 5.92. The topological polar surface area (TPSA) is 97.5 Å². The summed E-state index contributed by atoms with van der Waals surface area (Å²) in [7, 11) is -1.44. The monoisotopic (exact) mass is 271 g/mol. The molecule has 0 heterocycles. The van der Waals surface area contributed by atoms with Gasteiger partial charge in [0.2, 0.25) is 0 Å². The van der Waals surface area contributed by atoms with Gasteiger partial charge in [-0.2, -0.15) is 0 Å². The summed E-state index contributed by atoms with van der Waals surface area (Å²) in [4.78, 5) is 20.5. The Bertz CT molecular complexity index is 471. The van der Waals surface area contributed by atoms with E-state index in [-0.39, 0.29) is 11.4 Å². The number of nitro benzene ring substituents is 1. The van der Waals surface area contributed by atoms with E-state index in [9.17, 15) is 19.1 Å². The Morgan fingerprint density at radius 3 is 2.44 bits per heavy atom. The predicted octanol–water partition coefficient (Wildman–Crippen LogP) is 1.36. The highest BCUT2D eigenvalue weighted by Gasteiger charge is 2.18. The molecule has 2 atom stereocenters. The van der Waals surface area contributed by atoms with Crippen molar-refractivity contribution in [2.45, 2.75) is 18.6 Å². The molecule has 1 N–H and O–H groups in total. The molecule has 2 unspecified atom stereocenters. The van der Waals surface area contributed by atoms with Gasteiger partial charge in [-0.3, -0.25) is 19.1 Å². The second-order valence-electron chi connectivity index (χ2n) is 3.74. The molecular weight excluding hydrogens is 258 g/mol.